The molecule has 188 valence electrons. The van der Waals surface area contributed by atoms with Crippen molar-refractivity contribution in [3.63, 3.8) is 0 Å². The van der Waals surface area contributed by atoms with Crippen molar-refractivity contribution in [2.24, 2.45) is 23.0 Å². The standard InChI is InChI=1S/C28H44N4O2/c1-19(2)24-8-7-9-25(27(34)30-16-22-11-10-21(4)28(5,6)15-22)32(24)17-20(3)14-26(33)31-13-12-23(29)18-31/h7-9,17,21-23H,10-16,18,29H2,1-6H3,(H,30,34)/b20-17+/t21?,22-,23?/m1/s1. The maximum Gasteiger partial charge on any atom is 0.268 e. The molecule has 1 aliphatic carbocycles. The zero-order chi connectivity index (χ0) is 25.0. The highest BCUT2D eigenvalue weighted by atomic mass is 16.2. The van der Waals surface area contributed by atoms with E-state index in [1.807, 2.05) is 55.0 Å². The van der Waals surface area contributed by atoms with Gasteiger partial charge >= 0.3 is 0 Å². The van der Waals surface area contributed by atoms with Gasteiger partial charge in [0.1, 0.15) is 5.70 Å². The molecule has 0 bridgehead atoms. The van der Waals surface area contributed by atoms with Crippen LogP contribution in [0.1, 0.15) is 73.6 Å². The summed E-state index contributed by atoms with van der Waals surface area (Å²) in [6.07, 6.45) is 12.4. The molecule has 0 aromatic rings. The molecule has 0 aromatic carbocycles. The van der Waals surface area contributed by atoms with E-state index in [0.717, 1.165) is 42.7 Å². The minimum atomic E-state index is -0.0691. The lowest BCUT2D eigenvalue weighted by molar-refractivity contribution is -0.129. The first-order valence-corrected chi connectivity index (χ1v) is 12.8. The van der Waals surface area contributed by atoms with Crippen LogP contribution in [0.3, 0.4) is 0 Å². The van der Waals surface area contributed by atoms with Gasteiger partial charge in [-0.25, -0.2) is 0 Å². The maximum atomic E-state index is 13.3. The van der Waals surface area contributed by atoms with Crippen LogP contribution in [0.15, 0.2) is 47.0 Å². The summed E-state index contributed by atoms with van der Waals surface area (Å²) in [5.41, 5.74) is 9.87. The fraction of sp³-hybridized carbons (Fsp3) is 0.643. The molecule has 3 aliphatic rings. The highest BCUT2D eigenvalue weighted by Gasteiger charge is 2.34. The lowest BCUT2D eigenvalue weighted by atomic mass is 9.66. The fourth-order valence-electron chi connectivity index (χ4n) is 5.31. The predicted molar refractivity (Wildman–Crippen MR) is 138 cm³/mol. The summed E-state index contributed by atoms with van der Waals surface area (Å²) in [6.45, 7) is 15.1. The van der Waals surface area contributed by atoms with Crippen LogP contribution in [-0.2, 0) is 9.59 Å². The van der Waals surface area contributed by atoms with Crippen LogP contribution in [0.4, 0.5) is 0 Å². The first-order valence-electron chi connectivity index (χ1n) is 12.8. The highest BCUT2D eigenvalue weighted by molar-refractivity contribution is 5.94. The van der Waals surface area contributed by atoms with Crippen LogP contribution < -0.4 is 11.1 Å². The number of amides is 2. The number of carbonyl (C=O) groups is 2. The van der Waals surface area contributed by atoms with Crippen LogP contribution in [0.5, 0.6) is 0 Å². The molecule has 1 saturated heterocycles. The molecule has 2 amide bonds. The van der Waals surface area contributed by atoms with Crippen molar-refractivity contribution in [1.29, 1.82) is 0 Å². The summed E-state index contributed by atoms with van der Waals surface area (Å²) in [4.78, 5) is 29.8. The Balaban J connectivity index is 1.69. The molecule has 3 N–H and O–H groups in total. The molecule has 0 spiro atoms. The summed E-state index contributed by atoms with van der Waals surface area (Å²) in [5.74, 6) is 1.25. The first kappa shape index (κ1) is 26.3. The number of likely N-dealkylation sites (tertiary alicyclic amines) is 1. The van der Waals surface area contributed by atoms with Gasteiger partial charge in [-0.1, -0.05) is 32.4 Å². The van der Waals surface area contributed by atoms with E-state index in [4.69, 9.17) is 5.73 Å². The molecule has 6 nitrogen and oxygen atoms in total. The number of nitrogens with two attached hydrogens (primary N) is 1. The van der Waals surface area contributed by atoms with Crippen LogP contribution in [0.25, 0.3) is 0 Å². The number of nitrogens with zero attached hydrogens (tertiary/aromatic N) is 2. The number of hydrogen-bond donors (Lipinski definition) is 2. The van der Waals surface area contributed by atoms with Gasteiger partial charge in [-0.3, -0.25) is 9.59 Å². The lowest BCUT2D eigenvalue weighted by Gasteiger charge is -2.41. The molecule has 2 fully saturated rings. The van der Waals surface area contributed by atoms with E-state index < -0.39 is 0 Å². The molecule has 2 aliphatic heterocycles. The number of allylic oxidation sites excluding steroid dienone is 4. The van der Waals surface area contributed by atoms with Crippen molar-refractivity contribution in [1.82, 2.24) is 15.1 Å². The largest absolute Gasteiger partial charge is 0.350 e. The summed E-state index contributed by atoms with van der Waals surface area (Å²) in [6, 6.07) is 0.0777. The summed E-state index contributed by atoms with van der Waals surface area (Å²) < 4.78 is 0. The van der Waals surface area contributed by atoms with Gasteiger partial charge in [-0.15, -0.1) is 0 Å². The van der Waals surface area contributed by atoms with Crippen LogP contribution in [0.2, 0.25) is 0 Å². The Labute approximate surface area is 206 Å². The molecule has 6 heteroatoms. The Morgan fingerprint density at radius 1 is 1.21 bits per heavy atom. The van der Waals surface area contributed by atoms with Gasteiger partial charge in [-0.2, -0.15) is 0 Å². The van der Waals surface area contributed by atoms with Crippen molar-refractivity contribution in [3.8, 4) is 0 Å². The Morgan fingerprint density at radius 2 is 1.94 bits per heavy atom. The average Bonchev–Trinajstić information content (AvgIpc) is 3.20. The fourth-order valence-corrected chi connectivity index (χ4v) is 5.31. The molecule has 3 atom stereocenters. The van der Waals surface area contributed by atoms with E-state index in [2.05, 4.69) is 26.1 Å². The third-order valence-corrected chi connectivity index (χ3v) is 7.84. The van der Waals surface area contributed by atoms with Crippen molar-refractivity contribution in [3.05, 3.63) is 47.0 Å². The molecule has 2 unspecified atom stereocenters. The predicted octanol–water partition coefficient (Wildman–Crippen LogP) is 4.47. The molecular weight excluding hydrogens is 424 g/mol. The third kappa shape index (κ3) is 6.41. The minimum Gasteiger partial charge on any atom is -0.350 e. The maximum absolute atomic E-state index is 13.3. The van der Waals surface area contributed by atoms with E-state index in [1.54, 1.807) is 0 Å². The van der Waals surface area contributed by atoms with Crippen LogP contribution in [0, 0.1) is 17.3 Å². The topological polar surface area (TPSA) is 78.7 Å². The van der Waals surface area contributed by atoms with Gasteiger partial charge in [0, 0.05) is 44.0 Å². The van der Waals surface area contributed by atoms with Gasteiger partial charge in [0.05, 0.1) is 0 Å². The van der Waals surface area contributed by atoms with Gasteiger partial charge in [0.15, 0.2) is 0 Å². The number of carbonyl (C=O) groups excluding carboxylic acids is 2. The van der Waals surface area contributed by atoms with E-state index in [1.165, 1.54) is 6.42 Å². The van der Waals surface area contributed by atoms with E-state index in [0.29, 0.717) is 42.5 Å². The van der Waals surface area contributed by atoms with E-state index in [9.17, 15) is 9.59 Å². The zero-order valence-electron chi connectivity index (χ0n) is 22.0. The molecule has 34 heavy (non-hydrogen) atoms. The Hall–Kier alpha value is -2.34. The van der Waals surface area contributed by atoms with Crippen molar-refractivity contribution in [2.75, 3.05) is 19.6 Å². The molecular formula is C28H44N4O2. The Kier molecular flexibility index (Phi) is 8.45. The minimum absolute atomic E-state index is 0.0691. The second-order valence-electron chi connectivity index (χ2n) is 11.5. The van der Waals surface area contributed by atoms with Gasteiger partial charge < -0.3 is 20.9 Å². The molecule has 0 aromatic heterocycles. The Morgan fingerprint density at radius 3 is 2.56 bits per heavy atom. The molecule has 2 heterocycles. The molecule has 1 saturated carbocycles. The number of nitrogens with one attached hydrogen (secondary N) is 1. The quantitative estimate of drug-likeness (QED) is 0.603. The summed E-state index contributed by atoms with van der Waals surface area (Å²) in [7, 11) is 0. The average molecular weight is 469 g/mol. The Bertz CT molecular complexity index is 907. The lowest BCUT2D eigenvalue weighted by Crippen LogP contribution is -2.39. The summed E-state index contributed by atoms with van der Waals surface area (Å²) >= 11 is 0. The van der Waals surface area contributed by atoms with E-state index in [-0.39, 0.29) is 17.9 Å². The van der Waals surface area contributed by atoms with Gasteiger partial charge in [-0.05, 0) is 81.4 Å². The van der Waals surface area contributed by atoms with E-state index >= 15 is 0 Å². The smallest absolute Gasteiger partial charge is 0.268 e. The highest BCUT2D eigenvalue weighted by Crippen LogP contribution is 2.42. The van der Waals surface area contributed by atoms with Crippen molar-refractivity contribution >= 4 is 11.8 Å². The normalized spacial score (nSPS) is 27.0. The first-order chi connectivity index (χ1) is 16.0. The van der Waals surface area contributed by atoms with Gasteiger partial charge in [0.2, 0.25) is 5.91 Å². The SMILES string of the molecule is CC(C)=C1C=CC=C(C(=O)NC[C@@H]2CCC(C)C(C)(C)C2)N1/C=C(\C)CC(=O)N1CCC(N)C1. The van der Waals surface area contributed by atoms with Crippen LogP contribution >= 0.6 is 0 Å². The molecule has 3 rings (SSSR count). The number of hydrogen-bond acceptors (Lipinski definition) is 4. The van der Waals surface area contributed by atoms with Crippen molar-refractivity contribution in [2.45, 2.75) is 79.7 Å². The second-order valence-corrected chi connectivity index (χ2v) is 11.5. The third-order valence-electron chi connectivity index (χ3n) is 7.84. The van der Waals surface area contributed by atoms with Gasteiger partial charge in [0.25, 0.3) is 5.91 Å². The van der Waals surface area contributed by atoms with Crippen LogP contribution in [-0.4, -0.2) is 47.3 Å². The van der Waals surface area contributed by atoms with Crippen molar-refractivity contribution < 1.29 is 9.59 Å². The summed E-state index contributed by atoms with van der Waals surface area (Å²) in [5, 5.41) is 3.20. The number of rotatable bonds is 6. The zero-order valence-corrected chi connectivity index (χ0v) is 22.0. The molecule has 0 radical (unpaired) electrons. The second kappa shape index (κ2) is 10.9. The monoisotopic (exact) mass is 468 g/mol.